The van der Waals surface area contributed by atoms with Crippen LogP contribution in [0.4, 0.5) is 24.0 Å². The van der Waals surface area contributed by atoms with Crippen molar-refractivity contribution in [1.82, 2.24) is 9.55 Å². The van der Waals surface area contributed by atoms with Gasteiger partial charge in [-0.2, -0.15) is 8.78 Å². The summed E-state index contributed by atoms with van der Waals surface area (Å²) in [5.74, 6) is -3.14. The van der Waals surface area contributed by atoms with Gasteiger partial charge in [0.2, 0.25) is 5.43 Å². The van der Waals surface area contributed by atoms with Crippen LogP contribution in [0.25, 0.3) is 21.1 Å². The number of aromatic carboxylic acids is 1. The first-order valence-corrected chi connectivity index (χ1v) is 12.1. The lowest BCUT2D eigenvalue weighted by Crippen LogP contribution is -2.47. The minimum atomic E-state index is -3.34. The molecule has 3 heterocycles. The fourth-order valence-corrected chi connectivity index (χ4v) is 5.55. The van der Waals surface area contributed by atoms with Gasteiger partial charge in [-0.15, -0.1) is 0 Å². The number of thiazole rings is 1. The summed E-state index contributed by atoms with van der Waals surface area (Å²) in [5.41, 5.74) is -1.33. The number of hydrogen-bond acceptors (Lipinski definition) is 8. The van der Waals surface area contributed by atoms with Gasteiger partial charge < -0.3 is 29.3 Å². The Hall–Kier alpha value is -3.84. The number of pyridine rings is 1. The number of ether oxygens (including phenoxy) is 1. The third-order valence-corrected chi connectivity index (χ3v) is 7.27. The van der Waals surface area contributed by atoms with Crippen molar-refractivity contribution in [2.24, 2.45) is 0 Å². The predicted octanol–water partition coefficient (Wildman–Crippen LogP) is 3.37. The zero-order valence-corrected chi connectivity index (χ0v) is 20.1. The summed E-state index contributed by atoms with van der Waals surface area (Å²) in [6.07, 6.45) is 0.939. The highest BCUT2D eigenvalue weighted by Crippen LogP contribution is 2.40. The maximum absolute atomic E-state index is 15.5. The number of benzene rings is 2. The normalized spacial score (nSPS) is 14.2. The number of aliphatic hydroxyl groups is 1. The molecule has 0 unspecified atom stereocenters. The van der Waals surface area contributed by atoms with Crippen molar-refractivity contribution in [2.75, 3.05) is 42.6 Å². The second-order valence-electron chi connectivity index (χ2n) is 8.34. The fourth-order valence-electron chi connectivity index (χ4n) is 4.54. The molecular formula is C24H21F3N4O5S. The summed E-state index contributed by atoms with van der Waals surface area (Å²) < 4.78 is 49.4. The van der Waals surface area contributed by atoms with E-state index in [1.807, 2.05) is 29.2 Å². The lowest BCUT2D eigenvalue weighted by atomic mass is 10.1. The molecule has 194 valence electrons. The number of piperazine rings is 1. The first-order valence-electron chi connectivity index (χ1n) is 11.3. The molecule has 0 bridgehead atoms. The van der Waals surface area contributed by atoms with E-state index >= 15 is 4.39 Å². The van der Waals surface area contributed by atoms with Crippen LogP contribution in [0.15, 0.2) is 41.3 Å². The molecule has 2 N–H and O–H groups in total. The molecule has 2 aromatic heterocycles. The highest BCUT2D eigenvalue weighted by molar-refractivity contribution is 7.22. The van der Waals surface area contributed by atoms with Crippen LogP contribution in [0.2, 0.25) is 0 Å². The van der Waals surface area contributed by atoms with E-state index in [0.717, 1.165) is 32.2 Å². The van der Waals surface area contributed by atoms with Crippen LogP contribution in [0.5, 0.6) is 5.75 Å². The molecule has 0 radical (unpaired) electrons. The zero-order chi connectivity index (χ0) is 26.3. The number of aliphatic hydroxyl groups excluding tert-OH is 1. The van der Waals surface area contributed by atoms with Crippen molar-refractivity contribution < 1.29 is 32.9 Å². The van der Waals surface area contributed by atoms with Crippen LogP contribution < -0.4 is 20.0 Å². The molecule has 4 aromatic rings. The van der Waals surface area contributed by atoms with Crippen molar-refractivity contribution in [2.45, 2.75) is 13.2 Å². The quantitative estimate of drug-likeness (QED) is 0.372. The third-order valence-electron chi connectivity index (χ3n) is 6.17. The number of para-hydroxylation sites is 1. The van der Waals surface area contributed by atoms with Gasteiger partial charge in [-0.25, -0.2) is 14.2 Å². The van der Waals surface area contributed by atoms with Crippen molar-refractivity contribution in [3.63, 3.8) is 0 Å². The second kappa shape index (κ2) is 9.90. The standard InChI is InChI=1S/C24H21F3N4O5S/c25-15-11-13-18(31(9-10-32)12-14(20(13)33)22(34)35)21(36-23(26)27)19(15)29-5-7-30(8-6-29)24-28-16-3-1-2-4-17(16)37-24/h1-4,11-12,23,32H,5-10H2,(H,34,35). The van der Waals surface area contributed by atoms with Crippen LogP contribution in [0.1, 0.15) is 10.4 Å². The monoisotopic (exact) mass is 534 g/mol. The van der Waals surface area contributed by atoms with E-state index in [1.54, 1.807) is 4.90 Å². The topological polar surface area (TPSA) is 108 Å². The number of carbonyl (C=O) groups is 1. The largest absolute Gasteiger partial charge is 0.477 e. The lowest BCUT2D eigenvalue weighted by molar-refractivity contribution is -0.0488. The Bertz CT molecular complexity index is 1520. The van der Waals surface area contributed by atoms with E-state index in [2.05, 4.69) is 4.98 Å². The Morgan fingerprint density at radius 1 is 1.16 bits per heavy atom. The maximum Gasteiger partial charge on any atom is 0.387 e. The summed E-state index contributed by atoms with van der Waals surface area (Å²) in [4.78, 5) is 32.5. The number of carboxylic acids is 1. The van der Waals surface area contributed by atoms with Gasteiger partial charge in [-0.05, 0) is 18.2 Å². The first-order chi connectivity index (χ1) is 17.8. The van der Waals surface area contributed by atoms with Gasteiger partial charge in [0, 0.05) is 38.9 Å². The molecule has 1 aliphatic rings. The third kappa shape index (κ3) is 4.55. The molecule has 5 rings (SSSR count). The van der Waals surface area contributed by atoms with E-state index < -0.39 is 47.1 Å². The molecule has 0 saturated carbocycles. The average molecular weight is 535 g/mol. The van der Waals surface area contributed by atoms with Crippen LogP contribution in [-0.4, -0.2) is 65.1 Å². The summed E-state index contributed by atoms with van der Waals surface area (Å²) in [6.45, 7) is -2.72. The Balaban J connectivity index is 1.57. The second-order valence-corrected chi connectivity index (χ2v) is 9.35. The first kappa shape index (κ1) is 24.8. The Morgan fingerprint density at radius 2 is 1.86 bits per heavy atom. The number of halogens is 3. The summed E-state index contributed by atoms with van der Waals surface area (Å²) in [6, 6.07) is 8.53. The lowest BCUT2D eigenvalue weighted by Gasteiger charge is -2.37. The summed E-state index contributed by atoms with van der Waals surface area (Å²) >= 11 is 1.52. The van der Waals surface area contributed by atoms with Crippen LogP contribution in [-0.2, 0) is 6.54 Å². The number of carboxylic acid groups (broad SMARTS) is 1. The zero-order valence-electron chi connectivity index (χ0n) is 19.2. The Kier molecular flexibility index (Phi) is 6.65. The number of alkyl halides is 2. The van der Waals surface area contributed by atoms with Gasteiger partial charge in [0.25, 0.3) is 0 Å². The molecule has 9 nitrogen and oxygen atoms in total. The van der Waals surface area contributed by atoms with Crippen molar-refractivity contribution in [1.29, 1.82) is 0 Å². The number of rotatable bonds is 7. The molecule has 1 fully saturated rings. The molecule has 0 atom stereocenters. The van der Waals surface area contributed by atoms with Crippen LogP contribution in [0, 0.1) is 5.82 Å². The molecule has 0 aliphatic carbocycles. The van der Waals surface area contributed by atoms with E-state index in [1.165, 1.54) is 11.3 Å². The number of fused-ring (bicyclic) bond motifs is 2. The van der Waals surface area contributed by atoms with E-state index in [4.69, 9.17) is 4.74 Å². The molecule has 1 saturated heterocycles. The number of hydrogen-bond donors (Lipinski definition) is 2. The Morgan fingerprint density at radius 3 is 2.51 bits per heavy atom. The molecular weight excluding hydrogens is 513 g/mol. The minimum Gasteiger partial charge on any atom is -0.477 e. The minimum absolute atomic E-state index is 0.214. The van der Waals surface area contributed by atoms with Crippen molar-refractivity contribution in [3.8, 4) is 5.75 Å². The van der Waals surface area contributed by atoms with E-state index in [9.17, 15) is 28.6 Å². The molecule has 0 spiro atoms. The highest BCUT2D eigenvalue weighted by atomic mass is 32.1. The van der Waals surface area contributed by atoms with Gasteiger partial charge >= 0.3 is 12.6 Å². The summed E-state index contributed by atoms with van der Waals surface area (Å²) in [7, 11) is 0. The molecule has 2 aromatic carbocycles. The van der Waals surface area contributed by atoms with Crippen LogP contribution in [0.3, 0.4) is 0 Å². The molecule has 13 heteroatoms. The van der Waals surface area contributed by atoms with Gasteiger partial charge in [0.05, 0.1) is 27.7 Å². The SMILES string of the molecule is O=C(O)c1cn(CCO)c2c(OC(F)F)c(N3CCN(c4nc5ccccc5s4)CC3)c(F)cc2c1=O. The van der Waals surface area contributed by atoms with Gasteiger partial charge in [0.15, 0.2) is 16.7 Å². The number of anilines is 2. The van der Waals surface area contributed by atoms with Crippen molar-refractivity contribution >= 4 is 49.2 Å². The molecule has 0 amide bonds. The highest BCUT2D eigenvalue weighted by Gasteiger charge is 2.30. The van der Waals surface area contributed by atoms with Gasteiger partial charge in [0.1, 0.15) is 11.3 Å². The van der Waals surface area contributed by atoms with Crippen molar-refractivity contribution in [3.05, 3.63) is 58.1 Å². The fraction of sp³-hybridized carbons (Fsp3) is 0.292. The maximum atomic E-state index is 15.5. The Labute approximate surface area is 211 Å². The molecule has 37 heavy (non-hydrogen) atoms. The number of aromatic nitrogens is 2. The van der Waals surface area contributed by atoms with Crippen LogP contribution >= 0.6 is 11.3 Å². The van der Waals surface area contributed by atoms with Gasteiger partial charge in [-0.1, -0.05) is 23.5 Å². The molecule has 1 aliphatic heterocycles. The van der Waals surface area contributed by atoms with E-state index in [0.29, 0.717) is 13.1 Å². The smallest absolute Gasteiger partial charge is 0.387 e. The summed E-state index contributed by atoms with van der Waals surface area (Å²) in [5, 5.41) is 19.2. The number of nitrogens with zero attached hydrogens (tertiary/aromatic N) is 4. The predicted molar refractivity (Wildman–Crippen MR) is 133 cm³/mol. The average Bonchev–Trinajstić information content (AvgIpc) is 3.30. The van der Waals surface area contributed by atoms with E-state index in [-0.39, 0.29) is 30.8 Å². The van der Waals surface area contributed by atoms with Gasteiger partial charge in [-0.3, -0.25) is 4.79 Å².